The van der Waals surface area contributed by atoms with Gasteiger partial charge in [0.2, 0.25) is 5.91 Å². The smallest absolute Gasteiger partial charge is 0.220 e. The fraction of sp³-hybridized carbons (Fsp3) is 0.500. The van der Waals surface area contributed by atoms with Crippen LogP contribution < -0.4 is 11.1 Å². The predicted molar refractivity (Wildman–Crippen MR) is 98.8 cm³/mol. The van der Waals surface area contributed by atoms with E-state index in [9.17, 15) is 4.79 Å². The summed E-state index contributed by atoms with van der Waals surface area (Å²) in [6.07, 6.45) is 10.1. The Morgan fingerprint density at radius 3 is 2.60 bits per heavy atom. The lowest BCUT2D eigenvalue weighted by molar-refractivity contribution is -0.124. The van der Waals surface area contributed by atoms with E-state index in [0.29, 0.717) is 26.1 Å². The first kappa shape index (κ1) is 17.7. The molecule has 25 heavy (non-hydrogen) atoms. The molecule has 0 saturated heterocycles. The van der Waals surface area contributed by atoms with Gasteiger partial charge in [-0.2, -0.15) is 5.10 Å². The first-order chi connectivity index (χ1) is 12.2. The molecule has 1 fully saturated rings. The highest BCUT2D eigenvalue weighted by molar-refractivity contribution is 5.76. The number of benzene rings is 1. The maximum atomic E-state index is 12.5. The number of hydrogen-bond donors (Lipinski definition) is 2. The Bertz CT molecular complexity index is 675. The monoisotopic (exact) mass is 340 g/mol. The number of carbonyl (C=O) groups is 1. The summed E-state index contributed by atoms with van der Waals surface area (Å²) < 4.78 is 1.89. The van der Waals surface area contributed by atoms with Crippen molar-refractivity contribution >= 4 is 5.91 Å². The topological polar surface area (TPSA) is 72.9 Å². The van der Waals surface area contributed by atoms with Gasteiger partial charge >= 0.3 is 0 Å². The third kappa shape index (κ3) is 4.69. The Morgan fingerprint density at radius 1 is 1.16 bits per heavy atom. The van der Waals surface area contributed by atoms with Crippen molar-refractivity contribution in [1.82, 2.24) is 15.1 Å². The largest absolute Gasteiger partial charge is 0.352 e. The lowest BCUT2D eigenvalue weighted by Gasteiger charge is -2.35. The van der Waals surface area contributed by atoms with E-state index in [4.69, 9.17) is 5.73 Å². The molecular formula is C20H28N4O. The molecule has 1 heterocycles. The van der Waals surface area contributed by atoms with Crippen LogP contribution in [0.15, 0.2) is 42.7 Å². The highest BCUT2D eigenvalue weighted by atomic mass is 16.1. The summed E-state index contributed by atoms with van der Waals surface area (Å²) in [7, 11) is 0. The molecular weight excluding hydrogens is 312 g/mol. The minimum Gasteiger partial charge on any atom is -0.352 e. The van der Waals surface area contributed by atoms with Crippen LogP contribution in [-0.4, -0.2) is 22.2 Å². The van der Waals surface area contributed by atoms with Crippen LogP contribution >= 0.6 is 0 Å². The maximum absolute atomic E-state index is 12.5. The second-order valence-electron chi connectivity index (χ2n) is 7.19. The van der Waals surface area contributed by atoms with Crippen LogP contribution in [-0.2, 0) is 17.9 Å². The van der Waals surface area contributed by atoms with Crippen LogP contribution in [0, 0.1) is 5.41 Å². The molecule has 134 valence electrons. The Morgan fingerprint density at radius 2 is 1.92 bits per heavy atom. The normalized spacial score (nSPS) is 16.5. The molecule has 0 atom stereocenters. The van der Waals surface area contributed by atoms with Crippen LogP contribution in [0.2, 0.25) is 0 Å². The SMILES string of the molecule is NCC1(CC(=O)NCc2ccccc2Cn2cccn2)CCCCC1. The number of carbonyl (C=O) groups excluding carboxylic acids is 1. The maximum Gasteiger partial charge on any atom is 0.220 e. The van der Waals surface area contributed by atoms with Gasteiger partial charge in [0.05, 0.1) is 6.54 Å². The van der Waals surface area contributed by atoms with Crippen molar-refractivity contribution in [2.75, 3.05) is 6.54 Å². The van der Waals surface area contributed by atoms with Crippen LogP contribution in [0.4, 0.5) is 0 Å². The molecule has 1 amide bonds. The van der Waals surface area contributed by atoms with Gasteiger partial charge in [-0.05, 0) is 42.0 Å². The fourth-order valence-electron chi connectivity index (χ4n) is 3.80. The Labute approximate surface area is 149 Å². The zero-order chi connectivity index (χ0) is 17.5. The number of hydrogen-bond acceptors (Lipinski definition) is 3. The lowest BCUT2D eigenvalue weighted by atomic mass is 9.71. The summed E-state index contributed by atoms with van der Waals surface area (Å²) in [5, 5.41) is 7.36. The van der Waals surface area contributed by atoms with Crippen molar-refractivity contribution in [3.63, 3.8) is 0 Å². The number of nitrogens with one attached hydrogen (secondary N) is 1. The van der Waals surface area contributed by atoms with E-state index < -0.39 is 0 Å². The third-order valence-electron chi connectivity index (χ3n) is 5.37. The molecule has 0 unspecified atom stereocenters. The van der Waals surface area contributed by atoms with Gasteiger partial charge in [0.15, 0.2) is 0 Å². The van der Waals surface area contributed by atoms with Crippen LogP contribution in [0.5, 0.6) is 0 Å². The zero-order valence-corrected chi connectivity index (χ0v) is 14.8. The quantitative estimate of drug-likeness (QED) is 0.814. The van der Waals surface area contributed by atoms with E-state index in [-0.39, 0.29) is 11.3 Å². The summed E-state index contributed by atoms with van der Waals surface area (Å²) >= 11 is 0. The van der Waals surface area contributed by atoms with Crippen molar-refractivity contribution in [3.05, 3.63) is 53.9 Å². The van der Waals surface area contributed by atoms with Gasteiger partial charge in [-0.1, -0.05) is 43.5 Å². The average molecular weight is 340 g/mol. The first-order valence-corrected chi connectivity index (χ1v) is 9.22. The number of nitrogens with zero attached hydrogens (tertiary/aromatic N) is 2. The molecule has 1 aromatic carbocycles. The molecule has 0 radical (unpaired) electrons. The lowest BCUT2D eigenvalue weighted by Crippen LogP contribution is -2.38. The molecule has 0 spiro atoms. The Hall–Kier alpha value is -2.14. The zero-order valence-electron chi connectivity index (χ0n) is 14.8. The van der Waals surface area contributed by atoms with E-state index >= 15 is 0 Å². The molecule has 5 nitrogen and oxygen atoms in total. The highest BCUT2D eigenvalue weighted by Gasteiger charge is 2.32. The third-order valence-corrected chi connectivity index (χ3v) is 5.37. The summed E-state index contributed by atoms with van der Waals surface area (Å²) in [6, 6.07) is 10.1. The summed E-state index contributed by atoms with van der Waals surface area (Å²) in [5.41, 5.74) is 8.33. The molecule has 0 aliphatic heterocycles. The number of rotatable bonds is 7. The van der Waals surface area contributed by atoms with Crippen molar-refractivity contribution < 1.29 is 4.79 Å². The summed E-state index contributed by atoms with van der Waals surface area (Å²) in [6.45, 7) is 1.87. The van der Waals surface area contributed by atoms with Gasteiger partial charge < -0.3 is 11.1 Å². The van der Waals surface area contributed by atoms with E-state index in [0.717, 1.165) is 18.4 Å². The number of aromatic nitrogens is 2. The molecule has 0 bridgehead atoms. The van der Waals surface area contributed by atoms with E-state index in [2.05, 4.69) is 22.5 Å². The summed E-state index contributed by atoms with van der Waals surface area (Å²) in [4.78, 5) is 12.5. The standard InChI is InChI=1S/C20H28N4O/c21-16-20(9-4-1-5-10-20)13-19(25)22-14-17-7-2-3-8-18(17)15-24-12-6-11-23-24/h2-3,6-8,11-12H,1,4-5,9-10,13-16,21H2,(H,22,25). The second-order valence-corrected chi connectivity index (χ2v) is 7.19. The van der Waals surface area contributed by atoms with Gasteiger partial charge in [-0.3, -0.25) is 9.48 Å². The van der Waals surface area contributed by atoms with Crippen molar-refractivity contribution in [2.45, 2.75) is 51.6 Å². The van der Waals surface area contributed by atoms with Gasteiger partial charge in [-0.25, -0.2) is 0 Å². The van der Waals surface area contributed by atoms with E-state index in [1.165, 1.54) is 24.8 Å². The minimum absolute atomic E-state index is 0.0108. The van der Waals surface area contributed by atoms with Crippen LogP contribution in [0.25, 0.3) is 0 Å². The Kier molecular flexibility index (Phi) is 5.87. The second kappa shape index (κ2) is 8.30. The minimum atomic E-state index is 0.0108. The van der Waals surface area contributed by atoms with Crippen LogP contribution in [0.3, 0.4) is 0 Å². The van der Waals surface area contributed by atoms with Crippen molar-refractivity contribution in [1.29, 1.82) is 0 Å². The molecule has 1 aliphatic rings. The summed E-state index contributed by atoms with van der Waals surface area (Å²) in [5.74, 6) is 0.112. The van der Waals surface area contributed by atoms with E-state index in [1.807, 2.05) is 29.1 Å². The van der Waals surface area contributed by atoms with Gasteiger partial charge in [-0.15, -0.1) is 0 Å². The molecule has 3 rings (SSSR count). The first-order valence-electron chi connectivity index (χ1n) is 9.22. The predicted octanol–water partition coefficient (Wildman–Crippen LogP) is 2.85. The number of amides is 1. The molecule has 1 aromatic heterocycles. The van der Waals surface area contributed by atoms with Gasteiger partial charge in [0.1, 0.15) is 0 Å². The molecule has 5 heteroatoms. The highest BCUT2D eigenvalue weighted by Crippen LogP contribution is 2.38. The fourth-order valence-corrected chi connectivity index (χ4v) is 3.80. The molecule has 2 aromatic rings. The van der Waals surface area contributed by atoms with Crippen LogP contribution in [0.1, 0.15) is 49.7 Å². The van der Waals surface area contributed by atoms with Gasteiger partial charge in [0, 0.05) is 25.4 Å². The van der Waals surface area contributed by atoms with E-state index in [1.54, 1.807) is 6.20 Å². The Balaban J connectivity index is 1.58. The molecule has 1 saturated carbocycles. The average Bonchev–Trinajstić information content (AvgIpc) is 3.15. The molecule has 1 aliphatic carbocycles. The molecule has 3 N–H and O–H groups in total. The van der Waals surface area contributed by atoms with Crippen molar-refractivity contribution in [2.24, 2.45) is 11.1 Å². The number of nitrogens with two attached hydrogens (primary N) is 1. The van der Waals surface area contributed by atoms with Gasteiger partial charge in [0.25, 0.3) is 0 Å². The van der Waals surface area contributed by atoms with Crippen molar-refractivity contribution in [3.8, 4) is 0 Å².